The van der Waals surface area contributed by atoms with Gasteiger partial charge >= 0.3 is 0 Å². The molecule has 5 heteroatoms. The van der Waals surface area contributed by atoms with Crippen molar-refractivity contribution in [3.63, 3.8) is 0 Å². The molecule has 0 aliphatic carbocycles. The first-order valence-corrected chi connectivity index (χ1v) is 5.75. The third-order valence-corrected chi connectivity index (χ3v) is 2.96. The second-order valence-electron chi connectivity index (χ2n) is 4.40. The Kier molecular flexibility index (Phi) is 3.56. The summed E-state index contributed by atoms with van der Waals surface area (Å²) in [6, 6.07) is 0. The number of aromatic nitrogens is 2. The summed E-state index contributed by atoms with van der Waals surface area (Å²) in [6.07, 6.45) is 5.88. The van der Waals surface area contributed by atoms with Gasteiger partial charge in [0.15, 0.2) is 0 Å². The maximum Gasteiger partial charge on any atom is 0.149 e. The summed E-state index contributed by atoms with van der Waals surface area (Å²) in [5.41, 5.74) is 5.62. The highest BCUT2D eigenvalue weighted by molar-refractivity contribution is 5.40. The quantitative estimate of drug-likeness (QED) is 0.777. The van der Waals surface area contributed by atoms with Gasteiger partial charge in [0.1, 0.15) is 11.6 Å². The SMILES string of the molecule is CN(CC1CCCNC1)c1cncc(N)n1. The number of nitrogens with two attached hydrogens (primary N) is 1. The monoisotopic (exact) mass is 221 g/mol. The number of piperidine rings is 1. The van der Waals surface area contributed by atoms with Crippen LogP contribution in [-0.2, 0) is 0 Å². The molecule has 0 amide bonds. The zero-order valence-electron chi connectivity index (χ0n) is 9.69. The number of nitrogens with one attached hydrogen (secondary N) is 1. The van der Waals surface area contributed by atoms with Crippen LogP contribution in [0.25, 0.3) is 0 Å². The Bertz CT molecular complexity index is 335. The molecule has 1 atom stereocenters. The largest absolute Gasteiger partial charge is 0.382 e. The normalized spacial score (nSPS) is 20.7. The lowest BCUT2D eigenvalue weighted by Gasteiger charge is -2.28. The second-order valence-corrected chi connectivity index (χ2v) is 4.40. The van der Waals surface area contributed by atoms with Gasteiger partial charge in [-0.1, -0.05) is 0 Å². The summed E-state index contributed by atoms with van der Waals surface area (Å²) < 4.78 is 0. The first-order chi connectivity index (χ1) is 7.75. The Labute approximate surface area is 96.1 Å². The fourth-order valence-electron chi connectivity index (χ4n) is 2.11. The van der Waals surface area contributed by atoms with E-state index in [0.29, 0.717) is 11.7 Å². The van der Waals surface area contributed by atoms with Crippen molar-refractivity contribution in [2.45, 2.75) is 12.8 Å². The fraction of sp³-hybridized carbons (Fsp3) is 0.636. The Morgan fingerprint density at radius 3 is 3.12 bits per heavy atom. The second kappa shape index (κ2) is 5.12. The molecule has 2 heterocycles. The highest BCUT2D eigenvalue weighted by Gasteiger charge is 2.15. The summed E-state index contributed by atoms with van der Waals surface area (Å²) in [5, 5.41) is 3.42. The lowest BCUT2D eigenvalue weighted by atomic mass is 9.99. The molecule has 0 aromatic carbocycles. The first kappa shape index (κ1) is 11.1. The molecule has 88 valence electrons. The van der Waals surface area contributed by atoms with E-state index in [2.05, 4.69) is 20.2 Å². The topological polar surface area (TPSA) is 67.1 Å². The number of hydrogen-bond acceptors (Lipinski definition) is 5. The average Bonchev–Trinajstić information content (AvgIpc) is 2.30. The minimum absolute atomic E-state index is 0.478. The van der Waals surface area contributed by atoms with Gasteiger partial charge in [0.25, 0.3) is 0 Å². The maximum absolute atomic E-state index is 5.62. The Morgan fingerprint density at radius 2 is 2.44 bits per heavy atom. The molecular formula is C11H19N5. The standard InChI is InChI=1S/C11H19N5/c1-16(8-9-3-2-4-13-5-9)11-7-14-6-10(12)15-11/h6-7,9,13H,2-5,8H2,1H3,(H2,12,15). The molecule has 2 rings (SSSR count). The van der Waals surface area contributed by atoms with Crippen LogP contribution in [0.5, 0.6) is 0 Å². The lowest BCUT2D eigenvalue weighted by molar-refractivity contribution is 0.380. The van der Waals surface area contributed by atoms with E-state index in [1.807, 2.05) is 7.05 Å². The molecule has 1 aliphatic rings. The van der Waals surface area contributed by atoms with Crippen LogP contribution in [-0.4, -0.2) is 36.6 Å². The molecular weight excluding hydrogens is 202 g/mol. The third-order valence-electron chi connectivity index (χ3n) is 2.96. The molecule has 1 fully saturated rings. The van der Waals surface area contributed by atoms with Crippen molar-refractivity contribution in [3.8, 4) is 0 Å². The van der Waals surface area contributed by atoms with Crippen LogP contribution in [0.3, 0.4) is 0 Å². The van der Waals surface area contributed by atoms with Gasteiger partial charge in [-0.15, -0.1) is 0 Å². The van der Waals surface area contributed by atoms with Crippen molar-refractivity contribution < 1.29 is 0 Å². The number of anilines is 2. The van der Waals surface area contributed by atoms with E-state index >= 15 is 0 Å². The van der Waals surface area contributed by atoms with Crippen molar-refractivity contribution in [1.29, 1.82) is 0 Å². The molecule has 1 aromatic rings. The van der Waals surface area contributed by atoms with Gasteiger partial charge in [0.05, 0.1) is 12.4 Å². The minimum Gasteiger partial charge on any atom is -0.382 e. The van der Waals surface area contributed by atoms with Crippen LogP contribution in [0.2, 0.25) is 0 Å². The number of nitrogen functional groups attached to an aromatic ring is 1. The average molecular weight is 221 g/mol. The molecule has 0 saturated carbocycles. The lowest BCUT2D eigenvalue weighted by Crippen LogP contribution is -2.37. The van der Waals surface area contributed by atoms with Gasteiger partial charge in [-0.2, -0.15) is 0 Å². The molecule has 0 bridgehead atoms. The Hall–Kier alpha value is -1.36. The predicted octanol–water partition coefficient (Wildman–Crippen LogP) is 0.495. The molecule has 1 aliphatic heterocycles. The summed E-state index contributed by atoms with van der Waals surface area (Å²) in [6.45, 7) is 3.25. The van der Waals surface area contributed by atoms with E-state index in [4.69, 9.17) is 5.73 Å². The van der Waals surface area contributed by atoms with Crippen LogP contribution in [0.15, 0.2) is 12.4 Å². The molecule has 1 saturated heterocycles. The Balaban J connectivity index is 1.94. The van der Waals surface area contributed by atoms with E-state index in [1.54, 1.807) is 12.4 Å². The zero-order chi connectivity index (χ0) is 11.4. The van der Waals surface area contributed by atoms with Crippen LogP contribution < -0.4 is 16.0 Å². The van der Waals surface area contributed by atoms with Crippen LogP contribution >= 0.6 is 0 Å². The molecule has 1 unspecified atom stereocenters. The van der Waals surface area contributed by atoms with Crippen molar-refractivity contribution in [2.24, 2.45) is 5.92 Å². The number of hydrogen-bond donors (Lipinski definition) is 2. The van der Waals surface area contributed by atoms with Gasteiger partial charge in [0.2, 0.25) is 0 Å². The van der Waals surface area contributed by atoms with Crippen LogP contribution in [0.1, 0.15) is 12.8 Å². The van der Waals surface area contributed by atoms with E-state index < -0.39 is 0 Å². The van der Waals surface area contributed by atoms with Crippen molar-refractivity contribution >= 4 is 11.6 Å². The van der Waals surface area contributed by atoms with Crippen molar-refractivity contribution in [1.82, 2.24) is 15.3 Å². The van der Waals surface area contributed by atoms with Gasteiger partial charge < -0.3 is 16.0 Å². The summed E-state index contributed by atoms with van der Waals surface area (Å²) >= 11 is 0. The number of rotatable bonds is 3. The van der Waals surface area contributed by atoms with E-state index in [-0.39, 0.29) is 0 Å². The summed E-state index contributed by atoms with van der Waals surface area (Å²) in [5.74, 6) is 2.03. The van der Waals surface area contributed by atoms with Gasteiger partial charge in [-0.25, -0.2) is 4.98 Å². The fourth-order valence-corrected chi connectivity index (χ4v) is 2.11. The predicted molar refractivity (Wildman–Crippen MR) is 65.3 cm³/mol. The van der Waals surface area contributed by atoms with Gasteiger partial charge in [0, 0.05) is 13.6 Å². The van der Waals surface area contributed by atoms with E-state index in [9.17, 15) is 0 Å². The maximum atomic E-state index is 5.62. The van der Waals surface area contributed by atoms with Gasteiger partial charge in [-0.3, -0.25) is 4.98 Å². The molecule has 5 nitrogen and oxygen atoms in total. The highest BCUT2D eigenvalue weighted by Crippen LogP contribution is 2.15. The zero-order valence-corrected chi connectivity index (χ0v) is 9.69. The minimum atomic E-state index is 0.478. The third kappa shape index (κ3) is 2.82. The van der Waals surface area contributed by atoms with E-state index in [0.717, 1.165) is 25.5 Å². The Morgan fingerprint density at radius 1 is 1.56 bits per heavy atom. The van der Waals surface area contributed by atoms with Crippen LogP contribution in [0, 0.1) is 5.92 Å². The molecule has 16 heavy (non-hydrogen) atoms. The van der Waals surface area contributed by atoms with E-state index in [1.165, 1.54) is 12.8 Å². The molecule has 0 spiro atoms. The molecule has 0 radical (unpaired) electrons. The molecule has 1 aromatic heterocycles. The smallest absolute Gasteiger partial charge is 0.149 e. The first-order valence-electron chi connectivity index (χ1n) is 5.75. The summed E-state index contributed by atoms with van der Waals surface area (Å²) in [4.78, 5) is 10.4. The van der Waals surface area contributed by atoms with Crippen molar-refractivity contribution in [3.05, 3.63) is 12.4 Å². The number of nitrogens with zero attached hydrogens (tertiary/aromatic N) is 3. The van der Waals surface area contributed by atoms with Gasteiger partial charge in [-0.05, 0) is 31.8 Å². The molecule has 3 N–H and O–H groups in total. The highest BCUT2D eigenvalue weighted by atomic mass is 15.2. The summed E-state index contributed by atoms with van der Waals surface area (Å²) in [7, 11) is 2.04. The van der Waals surface area contributed by atoms with Crippen LogP contribution in [0.4, 0.5) is 11.6 Å². The van der Waals surface area contributed by atoms with Crippen molar-refractivity contribution in [2.75, 3.05) is 37.3 Å².